The second kappa shape index (κ2) is 9.17. The molecule has 0 atom stereocenters. The molecule has 0 saturated carbocycles. The van der Waals surface area contributed by atoms with E-state index in [2.05, 4.69) is 0 Å². The molecular formula is C21H21NO8. The molecule has 0 fully saturated rings. The van der Waals surface area contributed by atoms with E-state index in [0.29, 0.717) is 16.7 Å². The number of non-ortho nitro benzene ring substituents is 1. The van der Waals surface area contributed by atoms with Crippen molar-refractivity contribution >= 4 is 23.4 Å². The number of hydrogen-bond donors (Lipinski definition) is 0. The molecule has 0 amide bonds. The molecule has 2 aromatic rings. The number of ketones is 1. The number of nitro groups is 1. The lowest BCUT2D eigenvalue weighted by atomic mass is 9.95. The summed E-state index contributed by atoms with van der Waals surface area (Å²) in [6.45, 7) is 7.04. The molecule has 158 valence electrons. The van der Waals surface area contributed by atoms with Crippen LogP contribution < -0.4 is 14.2 Å². The highest BCUT2D eigenvalue weighted by Gasteiger charge is 2.25. The predicted molar refractivity (Wildman–Crippen MR) is 106 cm³/mol. The number of hydrogen-bond acceptors (Lipinski definition) is 8. The van der Waals surface area contributed by atoms with Crippen LogP contribution in [-0.2, 0) is 9.59 Å². The molecule has 30 heavy (non-hydrogen) atoms. The average molecular weight is 415 g/mol. The standard InChI is InChI=1S/C21H21NO8/c1-11-12(2)21(19(14(4)23)13(3)20(11)29-15(5)24)30-18(25)10-28-17-8-6-16(7-9-17)22(26)27/h6-9H,10H2,1-5H3. The van der Waals surface area contributed by atoms with Crippen LogP contribution in [0.2, 0.25) is 0 Å². The summed E-state index contributed by atoms with van der Waals surface area (Å²) >= 11 is 0. The highest BCUT2D eigenvalue weighted by atomic mass is 16.6. The second-order valence-electron chi connectivity index (χ2n) is 6.57. The summed E-state index contributed by atoms with van der Waals surface area (Å²) in [5.41, 5.74) is 1.46. The van der Waals surface area contributed by atoms with Crippen molar-refractivity contribution < 1.29 is 33.5 Å². The van der Waals surface area contributed by atoms with E-state index in [1.54, 1.807) is 20.8 Å². The highest BCUT2D eigenvalue weighted by molar-refractivity contribution is 6.00. The van der Waals surface area contributed by atoms with E-state index in [0.717, 1.165) is 0 Å². The first-order valence-corrected chi connectivity index (χ1v) is 8.94. The number of ether oxygens (including phenoxy) is 3. The molecule has 0 unspecified atom stereocenters. The average Bonchev–Trinajstić information content (AvgIpc) is 2.67. The van der Waals surface area contributed by atoms with Gasteiger partial charge in [-0.15, -0.1) is 0 Å². The summed E-state index contributed by atoms with van der Waals surface area (Å²) < 4.78 is 15.9. The lowest BCUT2D eigenvalue weighted by molar-refractivity contribution is -0.384. The van der Waals surface area contributed by atoms with Gasteiger partial charge in [-0.05, 0) is 51.0 Å². The summed E-state index contributed by atoms with van der Waals surface area (Å²) in [6, 6.07) is 5.22. The van der Waals surface area contributed by atoms with Crippen molar-refractivity contribution in [3.8, 4) is 17.2 Å². The Morgan fingerprint density at radius 2 is 1.47 bits per heavy atom. The van der Waals surface area contributed by atoms with Crippen LogP contribution in [0.1, 0.15) is 40.9 Å². The second-order valence-corrected chi connectivity index (χ2v) is 6.57. The van der Waals surface area contributed by atoms with Crippen molar-refractivity contribution in [2.75, 3.05) is 6.61 Å². The lowest BCUT2D eigenvalue weighted by Gasteiger charge is -2.19. The fraction of sp³-hybridized carbons (Fsp3) is 0.286. The topological polar surface area (TPSA) is 122 Å². The smallest absolute Gasteiger partial charge is 0.349 e. The minimum absolute atomic E-state index is 0.0747. The molecule has 2 rings (SSSR count). The predicted octanol–water partition coefficient (Wildman–Crippen LogP) is 3.63. The molecule has 0 aliphatic rings. The van der Waals surface area contributed by atoms with Crippen molar-refractivity contribution in [2.24, 2.45) is 0 Å². The van der Waals surface area contributed by atoms with Gasteiger partial charge in [0.2, 0.25) is 0 Å². The molecule has 0 spiro atoms. The van der Waals surface area contributed by atoms with Crippen LogP contribution in [0.25, 0.3) is 0 Å². The van der Waals surface area contributed by atoms with Crippen LogP contribution in [0.5, 0.6) is 17.2 Å². The Labute approximate surface area is 172 Å². The molecule has 0 heterocycles. The van der Waals surface area contributed by atoms with E-state index in [4.69, 9.17) is 14.2 Å². The fourth-order valence-electron chi connectivity index (χ4n) is 2.89. The normalized spacial score (nSPS) is 10.3. The first-order chi connectivity index (χ1) is 14.0. The summed E-state index contributed by atoms with van der Waals surface area (Å²) in [5.74, 6) is -1.08. The lowest BCUT2D eigenvalue weighted by Crippen LogP contribution is -2.20. The Bertz CT molecular complexity index is 1020. The van der Waals surface area contributed by atoms with Gasteiger partial charge in [0.05, 0.1) is 10.5 Å². The number of carbonyl (C=O) groups is 3. The summed E-state index contributed by atoms with van der Waals surface area (Å²) in [4.78, 5) is 46.1. The van der Waals surface area contributed by atoms with Gasteiger partial charge >= 0.3 is 11.9 Å². The van der Waals surface area contributed by atoms with E-state index in [-0.39, 0.29) is 34.3 Å². The zero-order valence-corrected chi connectivity index (χ0v) is 17.2. The zero-order valence-electron chi connectivity index (χ0n) is 17.2. The van der Waals surface area contributed by atoms with Gasteiger partial charge in [-0.3, -0.25) is 19.7 Å². The maximum absolute atomic E-state index is 12.3. The molecule has 0 bridgehead atoms. The van der Waals surface area contributed by atoms with Crippen LogP contribution in [-0.4, -0.2) is 29.3 Å². The SMILES string of the molecule is CC(=O)Oc1c(C)c(C)c(OC(=O)COc2ccc([N+](=O)[O-])cc2)c(C(C)=O)c1C. The molecule has 0 aromatic heterocycles. The molecule has 0 N–H and O–H groups in total. The minimum Gasteiger partial charge on any atom is -0.482 e. The molecule has 9 nitrogen and oxygen atoms in total. The van der Waals surface area contributed by atoms with E-state index in [1.165, 1.54) is 38.1 Å². The number of nitrogens with zero attached hydrogens (tertiary/aromatic N) is 1. The molecular weight excluding hydrogens is 394 g/mol. The van der Waals surface area contributed by atoms with E-state index in [1.807, 2.05) is 0 Å². The number of nitro benzene ring substituents is 1. The van der Waals surface area contributed by atoms with Crippen molar-refractivity contribution in [1.82, 2.24) is 0 Å². The Kier molecular flexibility index (Phi) is 6.89. The number of carbonyl (C=O) groups excluding carboxylic acids is 3. The minimum atomic E-state index is -0.766. The summed E-state index contributed by atoms with van der Waals surface area (Å²) in [6.07, 6.45) is 0. The van der Waals surface area contributed by atoms with Gasteiger partial charge in [-0.1, -0.05) is 0 Å². The third-order valence-corrected chi connectivity index (χ3v) is 4.40. The van der Waals surface area contributed by atoms with E-state index >= 15 is 0 Å². The van der Waals surface area contributed by atoms with Gasteiger partial charge in [0.1, 0.15) is 17.2 Å². The van der Waals surface area contributed by atoms with Gasteiger partial charge < -0.3 is 14.2 Å². The summed E-state index contributed by atoms with van der Waals surface area (Å²) in [5, 5.41) is 10.7. The van der Waals surface area contributed by atoms with Crippen LogP contribution >= 0.6 is 0 Å². The fourth-order valence-corrected chi connectivity index (χ4v) is 2.89. The van der Waals surface area contributed by atoms with Crippen molar-refractivity contribution in [1.29, 1.82) is 0 Å². The van der Waals surface area contributed by atoms with Crippen LogP contribution in [0.3, 0.4) is 0 Å². The maximum Gasteiger partial charge on any atom is 0.349 e. The van der Waals surface area contributed by atoms with Gasteiger partial charge in [0.15, 0.2) is 12.4 Å². The van der Waals surface area contributed by atoms with Crippen LogP contribution in [0, 0.1) is 30.9 Å². The molecule has 0 saturated heterocycles. The molecule has 0 aliphatic carbocycles. The Morgan fingerprint density at radius 1 is 0.900 bits per heavy atom. The maximum atomic E-state index is 12.3. The Hall–Kier alpha value is -3.75. The molecule has 2 aromatic carbocycles. The quantitative estimate of drug-likeness (QED) is 0.221. The Balaban J connectivity index is 2.26. The van der Waals surface area contributed by atoms with Crippen LogP contribution in [0.4, 0.5) is 5.69 Å². The first-order valence-electron chi connectivity index (χ1n) is 8.94. The number of benzene rings is 2. The third-order valence-electron chi connectivity index (χ3n) is 4.40. The van der Waals surface area contributed by atoms with Crippen molar-refractivity contribution in [3.63, 3.8) is 0 Å². The number of rotatable bonds is 7. The van der Waals surface area contributed by atoms with Gasteiger partial charge in [0, 0.05) is 24.6 Å². The van der Waals surface area contributed by atoms with Crippen molar-refractivity contribution in [3.05, 3.63) is 56.6 Å². The summed E-state index contributed by atoms with van der Waals surface area (Å²) in [7, 11) is 0. The largest absolute Gasteiger partial charge is 0.482 e. The van der Waals surface area contributed by atoms with Gasteiger partial charge in [-0.25, -0.2) is 4.79 Å². The molecule has 0 aliphatic heterocycles. The van der Waals surface area contributed by atoms with Gasteiger partial charge in [-0.2, -0.15) is 0 Å². The molecule has 9 heteroatoms. The monoisotopic (exact) mass is 415 g/mol. The Morgan fingerprint density at radius 3 is 1.97 bits per heavy atom. The third kappa shape index (κ3) is 4.99. The van der Waals surface area contributed by atoms with E-state index in [9.17, 15) is 24.5 Å². The van der Waals surface area contributed by atoms with Crippen LogP contribution in [0.15, 0.2) is 24.3 Å². The number of Topliss-reactive ketones (excluding diaryl/α,β-unsaturated/α-hetero) is 1. The molecule has 0 radical (unpaired) electrons. The van der Waals surface area contributed by atoms with Crippen molar-refractivity contribution in [2.45, 2.75) is 34.6 Å². The first kappa shape index (κ1) is 22.5. The van der Waals surface area contributed by atoms with Gasteiger partial charge in [0.25, 0.3) is 5.69 Å². The van der Waals surface area contributed by atoms with E-state index < -0.39 is 23.5 Å². The highest BCUT2D eigenvalue weighted by Crippen LogP contribution is 2.38. The number of esters is 2. The zero-order chi connectivity index (χ0) is 22.6.